The maximum atomic E-state index is 11.3. The zero-order valence-corrected chi connectivity index (χ0v) is 7.97. The zero-order valence-electron chi connectivity index (χ0n) is 7.97. The second kappa shape index (κ2) is 4.45. The Labute approximate surface area is 74.1 Å². The average molecular weight is 170 g/mol. The van der Waals surface area contributed by atoms with Crippen LogP contribution in [-0.2, 0) is 4.79 Å². The summed E-state index contributed by atoms with van der Waals surface area (Å²) < 4.78 is 0. The molecule has 1 saturated heterocycles. The van der Waals surface area contributed by atoms with E-state index in [-0.39, 0.29) is 5.91 Å². The zero-order chi connectivity index (χ0) is 8.97. The third-order valence-electron chi connectivity index (χ3n) is 2.41. The second-order valence-electron chi connectivity index (χ2n) is 3.30. The van der Waals surface area contributed by atoms with Crippen LogP contribution in [0.4, 0.5) is 0 Å². The Kier molecular flexibility index (Phi) is 3.53. The summed E-state index contributed by atoms with van der Waals surface area (Å²) in [6.45, 7) is 5.58. The molecule has 0 aliphatic carbocycles. The Hall–Kier alpha value is -0.570. The normalized spacial score (nSPS) is 20.2. The first-order valence-corrected chi connectivity index (χ1v) is 4.79. The van der Waals surface area contributed by atoms with Crippen LogP contribution in [-0.4, -0.2) is 30.1 Å². The molecule has 1 aliphatic rings. The predicted octanol–water partition coefficient (Wildman–Crippen LogP) is 0.954. The van der Waals surface area contributed by atoms with Gasteiger partial charge in [0.05, 0.1) is 13.2 Å². The summed E-state index contributed by atoms with van der Waals surface area (Å²) in [7, 11) is 0. The van der Waals surface area contributed by atoms with Crippen LogP contribution in [0.5, 0.6) is 0 Å². The lowest BCUT2D eigenvalue weighted by atomic mass is 10.1. The molecule has 3 heteroatoms. The molecule has 1 unspecified atom stereocenters. The van der Waals surface area contributed by atoms with Crippen molar-refractivity contribution in [2.45, 2.75) is 39.2 Å². The minimum atomic E-state index is 0.260. The lowest BCUT2D eigenvalue weighted by Crippen LogP contribution is -2.36. The monoisotopic (exact) mass is 170 g/mol. The van der Waals surface area contributed by atoms with Crippen LogP contribution in [0.25, 0.3) is 0 Å². The van der Waals surface area contributed by atoms with Gasteiger partial charge in [-0.15, -0.1) is 0 Å². The van der Waals surface area contributed by atoms with Crippen molar-refractivity contribution in [3.8, 4) is 0 Å². The van der Waals surface area contributed by atoms with Crippen molar-refractivity contribution in [1.82, 2.24) is 10.2 Å². The van der Waals surface area contributed by atoms with Crippen molar-refractivity contribution in [1.29, 1.82) is 0 Å². The SMILES string of the molecule is CCCC(CC)N1CNCC1=O. The summed E-state index contributed by atoms with van der Waals surface area (Å²) in [6.07, 6.45) is 3.35. The van der Waals surface area contributed by atoms with Crippen LogP contribution in [0.1, 0.15) is 33.1 Å². The van der Waals surface area contributed by atoms with Crippen LogP contribution in [0.15, 0.2) is 0 Å². The maximum absolute atomic E-state index is 11.3. The Morgan fingerprint density at radius 1 is 1.58 bits per heavy atom. The van der Waals surface area contributed by atoms with Crippen LogP contribution in [0.2, 0.25) is 0 Å². The van der Waals surface area contributed by atoms with Gasteiger partial charge in [0.1, 0.15) is 0 Å². The van der Waals surface area contributed by atoms with Gasteiger partial charge in [-0.25, -0.2) is 0 Å². The molecule has 0 aromatic heterocycles. The summed E-state index contributed by atoms with van der Waals surface area (Å²) in [5.74, 6) is 0.260. The fourth-order valence-corrected chi connectivity index (χ4v) is 1.72. The number of hydrogen-bond donors (Lipinski definition) is 1. The van der Waals surface area contributed by atoms with Crippen LogP contribution >= 0.6 is 0 Å². The molecule has 0 bridgehead atoms. The number of nitrogens with one attached hydrogen (secondary N) is 1. The quantitative estimate of drug-likeness (QED) is 0.681. The molecule has 70 valence electrons. The van der Waals surface area contributed by atoms with E-state index in [0.717, 1.165) is 25.9 Å². The fourth-order valence-electron chi connectivity index (χ4n) is 1.72. The van der Waals surface area contributed by atoms with Gasteiger partial charge in [-0.2, -0.15) is 0 Å². The molecule has 0 aromatic rings. The highest BCUT2D eigenvalue weighted by molar-refractivity contribution is 5.80. The minimum absolute atomic E-state index is 0.260. The number of hydrogen-bond acceptors (Lipinski definition) is 2. The van der Waals surface area contributed by atoms with Crippen LogP contribution < -0.4 is 5.32 Å². The average Bonchev–Trinajstić information content (AvgIpc) is 2.47. The summed E-state index contributed by atoms with van der Waals surface area (Å²) in [4.78, 5) is 13.3. The molecule has 0 aromatic carbocycles. The van der Waals surface area contributed by atoms with E-state index in [4.69, 9.17) is 0 Å². The van der Waals surface area contributed by atoms with Gasteiger partial charge in [0, 0.05) is 6.04 Å². The van der Waals surface area contributed by atoms with E-state index in [2.05, 4.69) is 19.2 Å². The molecule has 0 saturated carbocycles. The van der Waals surface area contributed by atoms with Crippen molar-refractivity contribution < 1.29 is 4.79 Å². The van der Waals surface area contributed by atoms with Crippen molar-refractivity contribution >= 4 is 5.91 Å². The third-order valence-corrected chi connectivity index (χ3v) is 2.41. The third kappa shape index (κ3) is 1.97. The summed E-state index contributed by atoms with van der Waals surface area (Å²) in [5, 5.41) is 3.07. The van der Waals surface area contributed by atoms with Gasteiger partial charge < -0.3 is 4.90 Å². The first-order chi connectivity index (χ1) is 5.79. The lowest BCUT2D eigenvalue weighted by molar-refractivity contribution is -0.128. The molecule has 1 N–H and O–H groups in total. The fraction of sp³-hybridized carbons (Fsp3) is 0.889. The largest absolute Gasteiger partial charge is 0.326 e. The molecule has 1 heterocycles. The van der Waals surface area contributed by atoms with E-state index in [1.54, 1.807) is 0 Å². The molecule has 0 spiro atoms. The van der Waals surface area contributed by atoms with Crippen molar-refractivity contribution in [2.24, 2.45) is 0 Å². The molecule has 1 fully saturated rings. The molecule has 1 amide bonds. The predicted molar refractivity (Wildman–Crippen MR) is 48.7 cm³/mol. The van der Waals surface area contributed by atoms with Gasteiger partial charge in [-0.3, -0.25) is 10.1 Å². The molecule has 0 radical (unpaired) electrons. The van der Waals surface area contributed by atoms with Gasteiger partial charge in [-0.05, 0) is 12.8 Å². The molecule has 12 heavy (non-hydrogen) atoms. The topological polar surface area (TPSA) is 32.3 Å². The standard InChI is InChI=1S/C9H18N2O/c1-3-5-8(4-2)11-7-10-6-9(11)12/h8,10H,3-7H2,1-2H3. The number of rotatable bonds is 4. The van der Waals surface area contributed by atoms with Crippen LogP contribution in [0, 0.1) is 0 Å². The highest BCUT2D eigenvalue weighted by Gasteiger charge is 2.25. The number of carbonyl (C=O) groups is 1. The van der Waals surface area contributed by atoms with Crippen molar-refractivity contribution in [3.05, 3.63) is 0 Å². The summed E-state index contributed by atoms with van der Waals surface area (Å²) in [5.41, 5.74) is 0. The molecular formula is C9H18N2O. The summed E-state index contributed by atoms with van der Waals surface area (Å²) in [6, 6.07) is 0.456. The van der Waals surface area contributed by atoms with Gasteiger partial charge >= 0.3 is 0 Å². The van der Waals surface area contributed by atoms with Crippen molar-refractivity contribution in [3.63, 3.8) is 0 Å². The minimum Gasteiger partial charge on any atom is -0.326 e. The van der Waals surface area contributed by atoms with Gasteiger partial charge in [-0.1, -0.05) is 20.3 Å². The number of nitrogens with zero attached hydrogens (tertiary/aromatic N) is 1. The first kappa shape index (κ1) is 9.52. The highest BCUT2D eigenvalue weighted by Crippen LogP contribution is 2.12. The first-order valence-electron chi connectivity index (χ1n) is 4.79. The Bertz CT molecular complexity index is 159. The van der Waals surface area contributed by atoms with E-state index in [1.165, 1.54) is 0 Å². The van der Waals surface area contributed by atoms with Gasteiger partial charge in [0.15, 0.2) is 0 Å². The Balaban J connectivity index is 2.46. The smallest absolute Gasteiger partial charge is 0.237 e. The molecule has 1 aliphatic heterocycles. The number of amides is 1. The van der Waals surface area contributed by atoms with E-state index in [9.17, 15) is 4.79 Å². The van der Waals surface area contributed by atoms with Crippen molar-refractivity contribution in [2.75, 3.05) is 13.2 Å². The van der Waals surface area contributed by atoms with Gasteiger partial charge in [0.25, 0.3) is 0 Å². The van der Waals surface area contributed by atoms with E-state index < -0.39 is 0 Å². The molecular weight excluding hydrogens is 152 g/mol. The highest BCUT2D eigenvalue weighted by atomic mass is 16.2. The van der Waals surface area contributed by atoms with E-state index in [1.807, 2.05) is 4.90 Å². The second-order valence-corrected chi connectivity index (χ2v) is 3.30. The molecule has 1 rings (SSSR count). The lowest BCUT2D eigenvalue weighted by Gasteiger charge is -2.25. The molecule has 3 nitrogen and oxygen atoms in total. The van der Waals surface area contributed by atoms with Crippen LogP contribution in [0.3, 0.4) is 0 Å². The van der Waals surface area contributed by atoms with E-state index in [0.29, 0.717) is 12.6 Å². The van der Waals surface area contributed by atoms with Gasteiger partial charge in [0.2, 0.25) is 5.91 Å². The van der Waals surface area contributed by atoms with E-state index >= 15 is 0 Å². The summed E-state index contributed by atoms with van der Waals surface area (Å²) >= 11 is 0. The molecule has 1 atom stereocenters. The Morgan fingerprint density at radius 3 is 2.75 bits per heavy atom. The number of carbonyl (C=O) groups excluding carboxylic acids is 1. The Morgan fingerprint density at radius 2 is 2.33 bits per heavy atom. The maximum Gasteiger partial charge on any atom is 0.237 e.